The molecular weight excluding hydrogens is 386 g/mol. The van der Waals surface area contributed by atoms with Gasteiger partial charge in [0.15, 0.2) is 0 Å². The van der Waals surface area contributed by atoms with E-state index in [1.165, 1.54) is 0 Å². The average molecular weight is 412 g/mol. The Kier molecular flexibility index (Phi) is 6.74. The standard InChI is InChI=1S/C26H25N3O2/c1-5-14-31-24-12-10-23(11-13-24)29-19(3)15-21(20(29)4)16-22(17-27)26(30)28-25-9-7-6-8-18(25)2/h5-13,15-16H,1,14H2,2-4H3,(H,28,30)/b22-16-. The molecule has 31 heavy (non-hydrogen) atoms. The minimum Gasteiger partial charge on any atom is -0.490 e. The number of hydrogen-bond acceptors (Lipinski definition) is 3. The maximum atomic E-state index is 12.7. The zero-order valence-electron chi connectivity index (χ0n) is 18.0. The second-order valence-electron chi connectivity index (χ2n) is 7.19. The molecule has 156 valence electrons. The SMILES string of the molecule is C=CCOc1ccc(-n2c(C)cc(/C=C(/C#N)C(=O)Nc3ccccc3C)c2C)cc1. The van der Waals surface area contributed by atoms with Gasteiger partial charge in [0.25, 0.3) is 5.91 Å². The van der Waals surface area contributed by atoms with Crippen molar-refractivity contribution in [1.29, 1.82) is 5.26 Å². The van der Waals surface area contributed by atoms with Crippen LogP contribution >= 0.6 is 0 Å². The minimum absolute atomic E-state index is 0.0525. The smallest absolute Gasteiger partial charge is 0.266 e. The fourth-order valence-electron chi connectivity index (χ4n) is 3.38. The fourth-order valence-corrected chi connectivity index (χ4v) is 3.38. The van der Waals surface area contributed by atoms with E-state index in [-0.39, 0.29) is 5.57 Å². The van der Waals surface area contributed by atoms with Crippen LogP contribution in [0.25, 0.3) is 11.8 Å². The first-order valence-corrected chi connectivity index (χ1v) is 9.96. The summed E-state index contributed by atoms with van der Waals surface area (Å²) in [6, 6.07) is 19.2. The van der Waals surface area contributed by atoms with E-state index in [4.69, 9.17) is 4.74 Å². The maximum Gasteiger partial charge on any atom is 0.266 e. The molecule has 1 aromatic heterocycles. The number of aryl methyl sites for hydroxylation is 2. The lowest BCUT2D eigenvalue weighted by Crippen LogP contribution is -2.14. The molecule has 1 amide bonds. The zero-order valence-corrected chi connectivity index (χ0v) is 18.0. The summed E-state index contributed by atoms with van der Waals surface area (Å²) >= 11 is 0. The summed E-state index contributed by atoms with van der Waals surface area (Å²) in [5.74, 6) is 0.344. The van der Waals surface area contributed by atoms with Crippen LogP contribution < -0.4 is 10.1 Å². The number of benzene rings is 2. The van der Waals surface area contributed by atoms with Crippen LogP contribution in [0.2, 0.25) is 0 Å². The molecular formula is C26H25N3O2. The molecule has 0 aliphatic rings. The lowest BCUT2D eigenvalue weighted by atomic mass is 10.1. The van der Waals surface area contributed by atoms with Crippen LogP contribution in [0.5, 0.6) is 5.75 Å². The van der Waals surface area contributed by atoms with Gasteiger partial charge in [-0.3, -0.25) is 4.79 Å². The molecule has 3 aromatic rings. The Morgan fingerprint density at radius 3 is 2.52 bits per heavy atom. The van der Waals surface area contributed by atoms with Gasteiger partial charge in [-0.05, 0) is 74.4 Å². The number of nitrogens with one attached hydrogen (secondary N) is 1. The fraction of sp³-hybridized carbons (Fsp3) is 0.154. The number of carbonyl (C=O) groups is 1. The number of nitriles is 1. The summed E-state index contributed by atoms with van der Waals surface area (Å²) < 4.78 is 7.63. The van der Waals surface area contributed by atoms with Crippen molar-refractivity contribution in [2.24, 2.45) is 0 Å². The lowest BCUT2D eigenvalue weighted by molar-refractivity contribution is -0.112. The van der Waals surface area contributed by atoms with Gasteiger partial charge in [-0.15, -0.1) is 0 Å². The molecule has 0 atom stereocenters. The molecule has 0 unspecified atom stereocenters. The number of rotatable bonds is 7. The summed E-state index contributed by atoms with van der Waals surface area (Å²) in [7, 11) is 0. The molecule has 3 rings (SSSR count). The number of aromatic nitrogens is 1. The monoisotopic (exact) mass is 411 g/mol. The summed E-state index contributed by atoms with van der Waals surface area (Å²) in [6.45, 7) is 9.98. The zero-order chi connectivity index (χ0) is 22.4. The highest BCUT2D eigenvalue weighted by Crippen LogP contribution is 2.25. The number of para-hydroxylation sites is 1. The van der Waals surface area contributed by atoms with Gasteiger partial charge in [0.2, 0.25) is 0 Å². The highest BCUT2D eigenvalue weighted by Gasteiger charge is 2.14. The Labute approximate surface area is 182 Å². The highest BCUT2D eigenvalue weighted by molar-refractivity contribution is 6.10. The van der Waals surface area contributed by atoms with Crippen molar-refractivity contribution in [2.45, 2.75) is 20.8 Å². The van der Waals surface area contributed by atoms with Gasteiger partial charge in [-0.2, -0.15) is 5.26 Å². The third-order valence-electron chi connectivity index (χ3n) is 4.99. The molecule has 0 aliphatic heterocycles. The van der Waals surface area contributed by atoms with Crippen molar-refractivity contribution in [3.05, 3.63) is 95.3 Å². The lowest BCUT2D eigenvalue weighted by Gasteiger charge is -2.11. The van der Waals surface area contributed by atoms with Gasteiger partial charge in [0, 0.05) is 22.8 Å². The summed E-state index contributed by atoms with van der Waals surface area (Å²) in [5.41, 5.74) is 5.42. The van der Waals surface area contributed by atoms with Crippen LogP contribution in [-0.4, -0.2) is 17.1 Å². The Morgan fingerprint density at radius 2 is 1.87 bits per heavy atom. The average Bonchev–Trinajstić information content (AvgIpc) is 3.05. The molecule has 2 aromatic carbocycles. The normalized spacial score (nSPS) is 11.0. The third-order valence-corrected chi connectivity index (χ3v) is 4.99. The predicted octanol–water partition coefficient (Wildman–Crippen LogP) is 5.51. The van der Waals surface area contributed by atoms with Gasteiger partial charge >= 0.3 is 0 Å². The summed E-state index contributed by atoms with van der Waals surface area (Å²) in [5, 5.41) is 12.4. The summed E-state index contributed by atoms with van der Waals surface area (Å²) in [4.78, 5) is 12.7. The predicted molar refractivity (Wildman–Crippen MR) is 124 cm³/mol. The van der Waals surface area contributed by atoms with E-state index in [1.54, 1.807) is 12.2 Å². The molecule has 0 fully saturated rings. The highest BCUT2D eigenvalue weighted by atomic mass is 16.5. The van der Waals surface area contributed by atoms with Crippen LogP contribution in [-0.2, 0) is 4.79 Å². The molecule has 1 heterocycles. The van der Waals surface area contributed by atoms with E-state index >= 15 is 0 Å². The topological polar surface area (TPSA) is 67.0 Å². The molecule has 0 spiro atoms. The number of anilines is 1. The Balaban J connectivity index is 1.88. The molecule has 0 saturated heterocycles. The van der Waals surface area contributed by atoms with Crippen molar-refractivity contribution in [1.82, 2.24) is 4.57 Å². The van der Waals surface area contributed by atoms with Crippen LogP contribution in [0.15, 0.2) is 72.8 Å². The van der Waals surface area contributed by atoms with Gasteiger partial charge in [0.1, 0.15) is 24.0 Å². The number of carbonyl (C=O) groups excluding carboxylic acids is 1. The van der Waals surface area contributed by atoms with Crippen molar-refractivity contribution < 1.29 is 9.53 Å². The molecule has 0 bridgehead atoms. The van der Waals surface area contributed by atoms with Crippen LogP contribution in [0.3, 0.4) is 0 Å². The first-order chi connectivity index (χ1) is 14.9. The van der Waals surface area contributed by atoms with Crippen molar-refractivity contribution >= 4 is 17.7 Å². The Morgan fingerprint density at radius 1 is 1.16 bits per heavy atom. The number of amides is 1. The molecule has 0 aliphatic carbocycles. The van der Waals surface area contributed by atoms with Crippen LogP contribution in [0.1, 0.15) is 22.5 Å². The van der Waals surface area contributed by atoms with Crippen molar-refractivity contribution in [3.63, 3.8) is 0 Å². The van der Waals surface area contributed by atoms with Gasteiger partial charge < -0.3 is 14.6 Å². The Hall–Kier alpha value is -4.04. The number of ether oxygens (including phenoxy) is 1. The molecule has 5 nitrogen and oxygen atoms in total. The van der Waals surface area contributed by atoms with Gasteiger partial charge in [-0.1, -0.05) is 30.9 Å². The molecule has 0 radical (unpaired) electrons. The molecule has 0 saturated carbocycles. The second kappa shape index (κ2) is 9.64. The van der Waals surface area contributed by atoms with Gasteiger partial charge in [0.05, 0.1) is 0 Å². The largest absolute Gasteiger partial charge is 0.490 e. The maximum absolute atomic E-state index is 12.7. The second-order valence-corrected chi connectivity index (χ2v) is 7.19. The van der Waals surface area contributed by atoms with E-state index in [9.17, 15) is 10.1 Å². The quantitative estimate of drug-likeness (QED) is 0.316. The molecule has 5 heteroatoms. The van der Waals surface area contributed by atoms with Crippen molar-refractivity contribution in [2.75, 3.05) is 11.9 Å². The summed E-state index contributed by atoms with van der Waals surface area (Å²) in [6.07, 6.45) is 3.34. The number of hydrogen-bond donors (Lipinski definition) is 1. The first kappa shape index (κ1) is 21.7. The van der Waals surface area contributed by atoms with E-state index in [2.05, 4.69) is 16.5 Å². The Bertz CT molecular complexity index is 1180. The van der Waals surface area contributed by atoms with Crippen LogP contribution in [0.4, 0.5) is 5.69 Å². The number of nitrogens with zero attached hydrogens (tertiary/aromatic N) is 2. The van der Waals surface area contributed by atoms with E-state index < -0.39 is 5.91 Å². The molecule has 1 N–H and O–H groups in total. The first-order valence-electron chi connectivity index (χ1n) is 9.96. The van der Waals surface area contributed by atoms with E-state index in [0.717, 1.165) is 34.0 Å². The van der Waals surface area contributed by atoms with E-state index in [1.807, 2.05) is 81.4 Å². The minimum atomic E-state index is -0.426. The van der Waals surface area contributed by atoms with Crippen molar-refractivity contribution in [3.8, 4) is 17.5 Å². The third kappa shape index (κ3) is 4.93. The van der Waals surface area contributed by atoms with Crippen LogP contribution in [0, 0.1) is 32.1 Å². The van der Waals surface area contributed by atoms with Gasteiger partial charge in [-0.25, -0.2) is 0 Å². The van der Waals surface area contributed by atoms with E-state index in [0.29, 0.717) is 12.3 Å².